The first-order valence-corrected chi connectivity index (χ1v) is 18.7. The second-order valence-electron chi connectivity index (χ2n) is 14.0. The lowest BCUT2D eigenvalue weighted by molar-refractivity contribution is 0.668. The predicted octanol–water partition coefficient (Wildman–Crippen LogP) is 13.7. The summed E-state index contributed by atoms with van der Waals surface area (Å²) in [6.45, 7) is 0. The number of furan rings is 2. The van der Waals surface area contributed by atoms with Crippen molar-refractivity contribution in [1.29, 1.82) is 0 Å². The monoisotopic (exact) mass is 717 g/mol. The minimum atomic E-state index is 0.553. The molecular formula is C51H31N3O2. The van der Waals surface area contributed by atoms with E-state index in [9.17, 15) is 0 Å². The fourth-order valence-corrected chi connectivity index (χ4v) is 7.79. The zero-order chi connectivity index (χ0) is 37.0. The molecule has 5 heteroatoms. The molecule has 8 aromatic carbocycles. The van der Waals surface area contributed by atoms with Crippen molar-refractivity contribution < 1.29 is 8.83 Å². The van der Waals surface area contributed by atoms with E-state index in [-0.39, 0.29) is 0 Å². The van der Waals surface area contributed by atoms with Gasteiger partial charge in [-0.2, -0.15) is 0 Å². The lowest BCUT2D eigenvalue weighted by Gasteiger charge is -2.10. The second kappa shape index (κ2) is 13.0. The fourth-order valence-electron chi connectivity index (χ4n) is 7.79. The van der Waals surface area contributed by atoms with Crippen LogP contribution in [0.3, 0.4) is 0 Å². The van der Waals surface area contributed by atoms with Gasteiger partial charge in [-0.05, 0) is 70.3 Å². The molecule has 0 N–H and O–H groups in total. The lowest BCUT2D eigenvalue weighted by atomic mass is 9.93. The number of hydrogen-bond acceptors (Lipinski definition) is 5. The van der Waals surface area contributed by atoms with Gasteiger partial charge >= 0.3 is 0 Å². The summed E-state index contributed by atoms with van der Waals surface area (Å²) in [5.74, 6) is 1.76. The molecule has 0 saturated carbocycles. The fraction of sp³-hybridized carbons (Fsp3) is 0. The first-order valence-electron chi connectivity index (χ1n) is 18.7. The molecule has 0 aliphatic heterocycles. The van der Waals surface area contributed by atoms with E-state index >= 15 is 0 Å². The Morgan fingerprint density at radius 2 is 0.804 bits per heavy atom. The SMILES string of the molecule is c1ccc(-c2cccc(-c3cc(-c4ccc5c(c4)oc4c(-c6nc(-c7ccccc7)nc(-c7ccccc7)n6)cccc45)c4oc5ccccc5c4c3)c2)cc1. The van der Waals surface area contributed by atoms with E-state index in [0.29, 0.717) is 17.5 Å². The van der Waals surface area contributed by atoms with Gasteiger partial charge in [-0.3, -0.25) is 0 Å². The van der Waals surface area contributed by atoms with Crippen molar-refractivity contribution in [3.63, 3.8) is 0 Å². The molecule has 0 fully saturated rings. The standard InChI is InChI=1S/C51H31N3O2/c1-4-14-32(15-5-1)35-20-12-21-36(28-35)38-29-43(48-44(30-38)39-22-10-11-25-45(39)55-48)37-26-27-40-41-23-13-24-42(47(41)56-46(40)31-37)51-53-49(33-16-6-2-7-17-33)52-50(54-51)34-18-8-3-9-19-34/h1-31H. The van der Waals surface area contributed by atoms with Crippen molar-refractivity contribution in [2.75, 3.05) is 0 Å². The third-order valence-electron chi connectivity index (χ3n) is 10.5. The minimum Gasteiger partial charge on any atom is -0.455 e. The van der Waals surface area contributed by atoms with Gasteiger partial charge in [-0.15, -0.1) is 0 Å². The van der Waals surface area contributed by atoms with Gasteiger partial charge in [-0.25, -0.2) is 15.0 Å². The average molecular weight is 718 g/mol. The maximum Gasteiger partial charge on any atom is 0.167 e. The van der Waals surface area contributed by atoms with Crippen molar-refractivity contribution in [3.8, 4) is 67.5 Å². The maximum absolute atomic E-state index is 6.81. The van der Waals surface area contributed by atoms with Gasteiger partial charge in [0.2, 0.25) is 0 Å². The Morgan fingerprint density at radius 1 is 0.268 bits per heavy atom. The Hall–Kier alpha value is -7.63. The maximum atomic E-state index is 6.81. The summed E-state index contributed by atoms with van der Waals surface area (Å²) in [5.41, 5.74) is 12.4. The van der Waals surface area contributed by atoms with Crippen molar-refractivity contribution in [1.82, 2.24) is 15.0 Å². The molecule has 0 radical (unpaired) electrons. The summed E-state index contributed by atoms with van der Waals surface area (Å²) in [6.07, 6.45) is 0. The van der Waals surface area contributed by atoms with Crippen LogP contribution in [0.1, 0.15) is 0 Å². The highest BCUT2D eigenvalue weighted by Crippen LogP contribution is 2.42. The van der Waals surface area contributed by atoms with Crippen LogP contribution in [0.15, 0.2) is 197 Å². The summed E-state index contributed by atoms with van der Waals surface area (Å²) in [4.78, 5) is 14.9. The summed E-state index contributed by atoms with van der Waals surface area (Å²) >= 11 is 0. The normalized spacial score (nSPS) is 11.6. The van der Waals surface area contributed by atoms with Crippen LogP contribution in [-0.2, 0) is 0 Å². The molecule has 3 aromatic heterocycles. The molecule has 5 nitrogen and oxygen atoms in total. The van der Waals surface area contributed by atoms with E-state index in [4.69, 9.17) is 23.8 Å². The third kappa shape index (κ3) is 5.45. The third-order valence-corrected chi connectivity index (χ3v) is 10.5. The first-order chi connectivity index (χ1) is 27.7. The molecule has 0 unspecified atom stereocenters. The zero-order valence-corrected chi connectivity index (χ0v) is 30.1. The van der Waals surface area contributed by atoms with Crippen LogP contribution in [0.25, 0.3) is 111 Å². The summed E-state index contributed by atoms with van der Waals surface area (Å²) in [6, 6.07) is 64.6. The van der Waals surface area contributed by atoms with Crippen LogP contribution in [0.5, 0.6) is 0 Å². The number of nitrogens with zero attached hydrogens (tertiary/aromatic N) is 3. The van der Waals surface area contributed by atoms with Crippen LogP contribution in [0.2, 0.25) is 0 Å². The Labute approximate surface area is 322 Å². The molecular weight excluding hydrogens is 687 g/mol. The van der Waals surface area contributed by atoms with Crippen molar-refractivity contribution in [2.45, 2.75) is 0 Å². The Morgan fingerprint density at radius 3 is 1.54 bits per heavy atom. The minimum absolute atomic E-state index is 0.553. The largest absolute Gasteiger partial charge is 0.455 e. The van der Waals surface area contributed by atoms with Crippen molar-refractivity contribution in [2.24, 2.45) is 0 Å². The smallest absolute Gasteiger partial charge is 0.167 e. The summed E-state index contributed by atoms with van der Waals surface area (Å²) in [7, 11) is 0. The molecule has 0 atom stereocenters. The van der Waals surface area contributed by atoms with E-state index in [1.54, 1.807) is 0 Å². The van der Waals surface area contributed by atoms with Crippen LogP contribution in [-0.4, -0.2) is 15.0 Å². The molecule has 0 saturated heterocycles. The highest BCUT2D eigenvalue weighted by molar-refractivity contribution is 6.13. The Kier molecular flexibility index (Phi) is 7.42. The number of aromatic nitrogens is 3. The summed E-state index contributed by atoms with van der Waals surface area (Å²) < 4.78 is 13.4. The van der Waals surface area contributed by atoms with Gasteiger partial charge in [0.1, 0.15) is 22.3 Å². The van der Waals surface area contributed by atoms with Crippen LogP contribution in [0.4, 0.5) is 0 Å². The zero-order valence-electron chi connectivity index (χ0n) is 30.1. The Bertz CT molecular complexity index is 3180. The molecule has 0 aliphatic carbocycles. The molecule has 262 valence electrons. The highest BCUT2D eigenvalue weighted by atomic mass is 16.3. The lowest BCUT2D eigenvalue weighted by Crippen LogP contribution is -2.00. The first kappa shape index (κ1) is 31.9. The Balaban J connectivity index is 1.08. The topological polar surface area (TPSA) is 65.0 Å². The second-order valence-corrected chi connectivity index (χ2v) is 14.0. The predicted molar refractivity (Wildman–Crippen MR) is 227 cm³/mol. The van der Waals surface area contributed by atoms with E-state index in [0.717, 1.165) is 82.8 Å². The van der Waals surface area contributed by atoms with Gasteiger partial charge in [0.15, 0.2) is 17.5 Å². The number of benzene rings is 8. The van der Waals surface area contributed by atoms with Crippen molar-refractivity contribution >= 4 is 43.9 Å². The molecule has 3 heterocycles. The van der Waals surface area contributed by atoms with E-state index in [1.165, 1.54) is 11.1 Å². The number of para-hydroxylation sites is 2. The molecule has 0 bridgehead atoms. The molecule has 11 rings (SSSR count). The molecule has 56 heavy (non-hydrogen) atoms. The number of rotatable bonds is 6. The van der Waals surface area contributed by atoms with Crippen LogP contribution >= 0.6 is 0 Å². The van der Waals surface area contributed by atoms with Crippen LogP contribution in [0, 0.1) is 0 Å². The molecule has 0 aliphatic rings. The summed E-state index contributed by atoms with van der Waals surface area (Å²) in [5, 5.41) is 4.16. The van der Waals surface area contributed by atoms with Gasteiger partial charge in [-0.1, -0.05) is 146 Å². The quantitative estimate of drug-likeness (QED) is 0.171. The van der Waals surface area contributed by atoms with Gasteiger partial charge in [0.25, 0.3) is 0 Å². The van der Waals surface area contributed by atoms with Gasteiger partial charge in [0, 0.05) is 38.2 Å². The molecule has 11 aromatic rings. The van der Waals surface area contributed by atoms with E-state index in [1.807, 2.05) is 91.0 Å². The highest BCUT2D eigenvalue weighted by Gasteiger charge is 2.20. The average Bonchev–Trinajstić information content (AvgIpc) is 3.85. The number of fused-ring (bicyclic) bond motifs is 6. The van der Waals surface area contributed by atoms with Crippen molar-refractivity contribution in [3.05, 3.63) is 188 Å². The van der Waals surface area contributed by atoms with Gasteiger partial charge < -0.3 is 8.83 Å². The van der Waals surface area contributed by atoms with E-state index < -0.39 is 0 Å². The molecule has 0 spiro atoms. The van der Waals surface area contributed by atoms with Crippen LogP contribution < -0.4 is 0 Å². The van der Waals surface area contributed by atoms with E-state index in [2.05, 4.69) is 97.1 Å². The molecule has 0 amide bonds. The number of hydrogen-bond donors (Lipinski definition) is 0. The van der Waals surface area contributed by atoms with Gasteiger partial charge in [0.05, 0.1) is 5.56 Å².